The number of rotatable bonds is 23. The third-order valence-electron chi connectivity index (χ3n) is 13.9. The molecule has 0 aromatic heterocycles. The summed E-state index contributed by atoms with van der Waals surface area (Å²) >= 11 is 0. The number of anilines is 3. The second-order valence-corrected chi connectivity index (χ2v) is 18.8. The molecular formula is C53H61FN5O12+. The molecule has 0 spiro atoms. The number of carboxylic acid groups (broad SMARTS) is 4. The summed E-state index contributed by atoms with van der Waals surface area (Å²) < 4.78 is 43.6. The van der Waals surface area contributed by atoms with E-state index < -0.39 is 55.9 Å². The van der Waals surface area contributed by atoms with Gasteiger partial charge in [-0.05, 0) is 93.8 Å². The van der Waals surface area contributed by atoms with Crippen molar-refractivity contribution in [2.24, 2.45) is 5.73 Å². The second-order valence-electron chi connectivity index (χ2n) is 18.8. The maximum absolute atomic E-state index is 14.7. The molecule has 0 atom stereocenters. The Hall–Kier alpha value is -7.08. The van der Waals surface area contributed by atoms with Crippen molar-refractivity contribution in [2.45, 2.75) is 77.0 Å². The van der Waals surface area contributed by atoms with Gasteiger partial charge in [-0.3, -0.25) is 19.2 Å². The highest BCUT2D eigenvalue weighted by Crippen LogP contribution is 2.51. The van der Waals surface area contributed by atoms with Gasteiger partial charge in [0.15, 0.2) is 0 Å². The van der Waals surface area contributed by atoms with Gasteiger partial charge in [-0.15, -0.1) is 0 Å². The number of fused-ring (bicyclic) bond motifs is 4. The maximum Gasteiger partial charge on any atom is 0.323 e. The topological polar surface area (TPSA) is 225 Å². The van der Waals surface area contributed by atoms with Gasteiger partial charge in [-0.1, -0.05) is 12.8 Å². The molecule has 0 saturated carbocycles. The number of hydrogen-bond acceptors (Lipinski definition) is 12. The van der Waals surface area contributed by atoms with Crippen LogP contribution in [-0.2, 0) is 44.9 Å². The molecule has 5 aliphatic rings. The Morgan fingerprint density at radius 1 is 0.634 bits per heavy atom. The second kappa shape index (κ2) is 21.5. The van der Waals surface area contributed by atoms with E-state index in [4.69, 9.17) is 24.7 Å². The predicted molar refractivity (Wildman–Crippen MR) is 262 cm³/mol. The van der Waals surface area contributed by atoms with E-state index in [0.717, 1.165) is 142 Å². The van der Waals surface area contributed by atoms with E-state index in [-0.39, 0.29) is 36.1 Å². The smallest absolute Gasteiger partial charge is 0.323 e. The summed E-state index contributed by atoms with van der Waals surface area (Å²) in [6.45, 7) is 1.47. The number of unbranched alkanes of at least 4 members (excludes halogenated alkanes) is 3. The van der Waals surface area contributed by atoms with Gasteiger partial charge >= 0.3 is 23.9 Å². The van der Waals surface area contributed by atoms with Crippen molar-refractivity contribution >= 4 is 46.5 Å². The Kier molecular flexibility index (Phi) is 14.8. The molecule has 0 radical (unpaired) electrons. The molecule has 17 nitrogen and oxygen atoms in total. The fraction of sp³-hybridized carbons (Fsp3) is 0.453. The average molecular weight is 979 g/mol. The van der Waals surface area contributed by atoms with E-state index in [1.807, 2.05) is 0 Å². The molecule has 0 bridgehead atoms. The normalized spacial score (nSPS) is 15.1. The van der Waals surface area contributed by atoms with E-state index in [0.29, 0.717) is 30.9 Å². The highest BCUT2D eigenvalue weighted by atomic mass is 19.1. The lowest BCUT2D eigenvalue weighted by molar-refractivity contribution is -0.138. The zero-order valence-corrected chi connectivity index (χ0v) is 39.8. The van der Waals surface area contributed by atoms with Crippen molar-refractivity contribution < 1.29 is 62.9 Å². The van der Waals surface area contributed by atoms with E-state index in [1.54, 1.807) is 12.1 Å². The maximum atomic E-state index is 14.7. The number of benzene rings is 4. The average Bonchev–Trinajstić information content (AvgIpc) is 3.33. The molecule has 0 aliphatic carbocycles. The fourth-order valence-electron chi connectivity index (χ4n) is 11.1. The number of hydrogen-bond donors (Lipinski definition) is 5. The standard InChI is InChI=1S/C53H60FN5O12/c54-34-13-14-40(58(28-45(60)61)29-46(62)63)43(25-34)69-21-22-70-44-27-42(68-20-4-2-1-3-15-55)37(26-41(44)59(30-47(64)65)31-48(66)67)49-38-23-32-9-5-16-56-18-7-11-35(50(32)56)52(38)71-53-36-12-8-19-57-17-6-10-33(51(36)57)24-39(49)53/h13-14,23-27H,1-12,15-22,28-31,55H2,(H3-,60,61,62,63,64,65,66,67)/p+1. The monoisotopic (exact) mass is 978 g/mol. The summed E-state index contributed by atoms with van der Waals surface area (Å²) in [5.74, 6) is -3.91. The molecule has 9 rings (SSSR count). The van der Waals surface area contributed by atoms with Crippen molar-refractivity contribution in [3.63, 3.8) is 0 Å². The zero-order chi connectivity index (χ0) is 49.8. The Morgan fingerprint density at radius 3 is 1.93 bits per heavy atom. The lowest BCUT2D eigenvalue weighted by atomic mass is 9.82. The van der Waals surface area contributed by atoms with Gasteiger partial charge in [-0.25, -0.2) is 8.97 Å². The molecule has 5 aliphatic heterocycles. The number of aryl methyl sites for hydroxylation is 2. The van der Waals surface area contributed by atoms with Crippen LogP contribution in [0.3, 0.4) is 0 Å². The first-order valence-corrected chi connectivity index (χ1v) is 24.7. The van der Waals surface area contributed by atoms with Gasteiger partial charge < -0.3 is 59.8 Å². The minimum Gasteiger partial charge on any atom is -0.493 e. The first kappa shape index (κ1) is 48.9. The van der Waals surface area contributed by atoms with Crippen LogP contribution in [0.25, 0.3) is 5.57 Å². The SMILES string of the molecule is NCCCCCCOc1cc(OCCOc2cc(F)ccc2N(CC(=O)O)CC(=O)O)c(N(CC(=O)O)CC(=O)O)cc1C1=c2cc3c4c(c2Oc2c1cc1c5c2CCCN5CCC1)CCC[N+]=4CCC3. The molecule has 0 amide bonds. The lowest BCUT2D eigenvalue weighted by Crippen LogP contribution is -2.45. The lowest BCUT2D eigenvalue weighted by Gasteiger charge is -2.39. The molecular weight excluding hydrogens is 918 g/mol. The number of nitrogens with zero attached hydrogens (tertiary/aromatic N) is 4. The number of aliphatic carboxylic acids is 4. The first-order chi connectivity index (χ1) is 34.4. The van der Waals surface area contributed by atoms with Crippen molar-refractivity contribution in [3.05, 3.63) is 92.2 Å². The minimum atomic E-state index is -1.31. The quantitative estimate of drug-likeness (QED) is 0.0447. The Bertz CT molecular complexity index is 2850. The van der Waals surface area contributed by atoms with Crippen LogP contribution in [-0.4, -0.2) is 123 Å². The molecule has 0 saturated heterocycles. The van der Waals surface area contributed by atoms with Gasteiger partial charge in [-0.2, -0.15) is 0 Å². The van der Waals surface area contributed by atoms with Crippen LogP contribution >= 0.6 is 0 Å². The predicted octanol–water partition coefficient (Wildman–Crippen LogP) is 4.57. The van der Waals surface area contributed by atoms with Crippen LogP contribution in [0.1, 0.15) is 84.7 Å². The van der Waals surface area contributed by atoms with Crippen LogP contribution in [0.4, 0.5) is 21.5 Å². The van der Waals surface area contributed by atoms with Gasteiger partial charge in [0.1, 0.15) is 87.0 Å². The Morgan fingerprint density at radius 2 is 1.24 bits per heavy atom. The third kappa shape index (κ3) is 10.5. The molecule has 376 valence electrons. The Labute approximate surface area is 410 Å². The largest absolute Gasteiger partial charge is 0.493 e. The minimum absolute atomic E-state index is 0.0257. The Balaban J connectivity index is 1.21. The summed E-state index contributed by atoms with van der Waals surface area (Å²) in [5.41, 5.74) is 14.4. The number of carboxylic acids is 4. The molecule has 0 unspecified atom stereocenters. The van der Waals surface area contributed by atoms with Crippen LogP contribution < -0.4 is 54.5 Å². The van der Waals surface area contributed by atoms with Gasteiger partial charge in [0.2, 0.25) is 5.36 Å². The molecule has 0 fully saturated rings. The van der Waals surface area contributed by atoms with Crippen molar-refractivity contribution in [1.29, 1.82) is 0 Å². The van der Waals surface area contributed by atoms with E-state index in [9.17, 15) is 44.0 Å². The van der Waals surface area contributed by atoms with Gasteiger partial charge in [0.25, 0.3) is 0 Å². The molecule has 4 aromatic rings. The van der Waals surface area contributed by atoms with Gasteiger partial charge in [0.05, 0.1) is 23.5 Å². The molecule has 4 aromatic carbocycles. The molecule has 5 heterocycles. The summed E-state index contributed by atoms with van der Waals surface area (Å²) in [7, 11) is 0. The van der Waals surface area contributed by atoms with Crippen LogP contribution in [0, 0.1) is 5.82 Å². The summed E-state index contributed by atoms with van der Waals surface area (Å²) in [6, 6.07) is 11.3. The zero-order valence-electron chi connectivity index (χ0n) is 39.8. The van der Waals surface area contributed by atoms with E-state index in [1.165, 1.54) is 44.3 Å². The highest BCUT2D eigenvalue weighted by molar-refractivity contribution is 5.93. The van der Waals surface area contributed by atoms with Crippen LogP contribution in [0.15, 0.2) is 42.5 Å². The number of carbonyl (C=O) groups is 4. The van der Waals surface area contributed by atoms with Crippen molar-refractivity contribution in [1.82, 2.24) is 4.58 Å². The van der Waals surface area contributed by atoms with Crippen molar-refractivity contribution in [2.75, 3.05) is 93.4 Å². The fourth-order valence-corrected chi connectivity index (χ4v) is 11.1. The summed E-state index contributed by atoms with van der Waals surface area (Å²) in [5, 5.41) is 41.7. The van der Waals surface area contributed by atoms with Crippen LogP contribution in [0.5, 0.6) is 28.7 Å². The summed E-state index contributed by atoms with van der Waals surface area (Å²) in [4.78, 5) is 53.3. The highest BCUT2D eigenvalue weighted by Gasteiger charge is 2.37. The number of nitrogens with two attached hydrogens (primary N) is 1. The van der Waals surface area contributed by atoms with Crippen LogP contribution in [0.2, 0.25) is 0 Å². The third-order valence-corrected chi connectivity index (χ3v) is 13.9. The number of ether oxygens (including phenoxy) is 4. The number of halogens is 1. The first-order valence-electron chi connectivity index (χ1n) is 24.7. The molecule has 6 N–H and O–H groups in total. The van der Waals surface area contributed by atoms with Crippen molar-refractivity contribution in [3.8, 4) is 28.7 Å². The van der Waals surface area contributed by atoms with Gasteiger partial charge in [0, 0.05) is 76.8 Å². The summed E-state index contributed by atoms with van der Waals surface area (Å²) in [6.07, 6.45) is 10.8. The molecule has 18 heteroatoms. The van der Waals surface area contributed by atoms with E-state index in [2.05, 4.69) is 21.6 Å². The molecule has 71 heavy (non-hydrogen) atoms. The van der Waals surface area contributed by atoms with E-state index >= 15 is 0 Å².